The number of carbonyl (C=O) groups excluding carboxylic acids is 1. The lowest BCUT2D eigenvalue weighted by atomic mass is 10.2. The number of carbonyl (C=O) groups is 1. The number of nitrogens with zero attached hydrogens (tertiary/aromatic N) is 3. The van der Waals surface area contributed by atoms with Crippen molar-refractivity contribution < 1.29 is 9.53 Å². The molecule has 25 heavy (non-hydrogen) atoms. The zero-order valence-corrected chi connectivity index (χ0v) is 13.7. The number of nitrogens with one attached hydrogen (secondary N) is 1. The second-order valence-electron chi connectivity index (χ2n) is 6.48. The molecule has 0 radical (unpaired) electrons. The molecular formula is C19H18N4O2. The van der Waals surface area contributed by atoms with E-state index in [1.807, 2.05) is 40.1 Å². The summed E-state index contributed by atoms with van der Waals surface area (Å²) in [6.07, 6.45) is 3.96. The van der Waals surface area contributed by atoms with Crippen LogP contribution in [0.25, 0.3) is 10.9 Å². The van der Waals surface area contributed by atoms with E-state index in [1.54, 1.807) is 6.20 Å². The Hall–Kier alpha value is -3.02. The molecule has 6 nitrogen and oxygen atoms in total. The Morgan fingerprint density at radius 2 is 2.04 bits per heavy atom. The number of fused-ring (bicyclic) bond motifs is 2. The summed E-state index contributed by atoms with van der Waals surface area (Å²) in [5.74, 6) is 1.62. The molecule has 3 aromatic rings. The lowest BCUT2D eigenvalue weighted by molar-refractivity contribution is 0.0787. The highest BCUT2D eigenvalue weighted by Crippen LogP contribution is 2.39. The summed E-state index contributed by atoms with van der Waals surface area (Å²) in [4.78, 5) is 24.1. The van der Waals surface area contributed by atoms with Crippen molar-refractivity contribution in [3.05, 3.63) is 48.3 Å². The van der Waals surface area contributed by atoms with Crippen LogP contribution in [0.5, 0.6) is 5.75 Å². The van der Waals surface area contributed by atoms with E-state index < -0.39 is 0 Å². The van der Waals surface area contributed by atoms with Gasteiger partial charge in [-0.15, -0.1) is 0 Å². The molecule has 1 N–H and O–H groups in total. The van der Waals surface area contributed by atoms with Crippen LogP contribution in [0.15, 0.2) is 42.6 Å². The molecule has 1 fully saturated rings. The highest BCUT2D eigenvalue weighted by molar-refractivity contribution is 5.95. The lowest BCUT2D eigenvalue weighted by Gasteiger charge is -2.17. The SMILES string of the molecule is O=C(c1cc2c([nH]1)N(c1ccc3ncccc3c1)CO2)N1CCCC1. The third-order valence-electron chi connectivity index (χ3n) is 4.90. The monoisotopic (exact) mass is 334 g/mol. The van der Waals surface area contributed by atoms with Gasteiger partial charge in [-0.25, -0.2) is 0 Å². The molecule has 126 valence electrons. The Kier molecular flexibility index (Phi) is 3.16. The van der Waals surface area contributed by atoms with Gasteiger partial charge in [0.1, 0.15) is 5.69 Å². The van der Waals surface area contributed by atoms with Gasteiger partial charge < -0.3 is 14.6 Å². The van der Waals surface area contributed by atoms with E-state index in [4.69, 9.17) is 4.74 Å². The van der Waals surface area contributed by atoms with Gasteiger partial charge in [0.25, 0.3) is 5.91 Å². The third-order valence-corrected chi connectivity index (χ3v) is 4.90. The van der Waals surface area contributed by atoms with E-state index in [9.17, 15) is 4.79 Å². The maximum absolute atomic E-state index is 12.6. The number of aromatic nitrogens is 2. The third kappa shape index (κ3) is 2.33. The fraction of sp³-hybridized carbons (Fsp3) is 0.263. The first-order valence-electron chi connectivity index (χ1n) is 8.57. The van der Waals surface area contributed by atoms with Crippen LogP contribution in [0, 0.1) is 0 Å². The molecule has 1 saturated heterocycles. The maximum Gasteiger partial charge on any atom is 0.270 e. The first-order chi connectivity index (χ1) is 12.3. The largest absolute Gasteiger partial charge is 0.469 e. The fourth-order valence-corrected chi connectivity index (χ4v) is 3.57. The van der Waals surface area contributed by atoms with Gasteiger partial charge in [-0.3, -0.25) is 14.7 Å². The summed E-state index contributed by atoms with van der Waals surface area (Å²) in [5.41, 5.74) is 2.57. The number of pyridine rings is 1. The molecule has 0 atom stereocenters. The van der Waals surface area contributed by atoms with Gasteiger partial charge in [0.05, 0.1) is 5.52 Å². The van der Waals surface area contributed by atoms with Gasteiger partial charge in [-0.05, 0) is 37.1 Å². The number of H-pyrrole nitrogens is 1. The van der Waals surface area contributed by atoms with Crippen LogP contribution in [0.1, 0.15) is 23.3 Å². The second-order valence-corrected chi connectivity index (χ2v) is 6.48. The number of hydrogen-bond donors (Lipinski definition) is 1. The molecule has 0 spiro atoms. The Morgan fingerprint density at radius 1 is 1.16 bits per heavy atom. The van der Waals surface area contributed by atoms with Crippen molar-refractivity contribution >= 4 is 28.3 Å². The van der Waals surface area contributed by atoms with Crippen LogP contribution in [-0.2, 0) is 0 Å². The number of anilines is 2. The molecular weight excluding hydrogens is 316 g/mol. The topological polar surface area (TPSA) is 61.5 Å². The van der Waals surface area contributed by atoms with Crippen LogP contribution in [-0.4, -0.2) is 40.6 Å². The van der Waals surface area contributed by atoms with Crippen molar-refractivity contribution in [1.82, 2.24) is 14.9 Å². The van der Waals surface area contributed by atoms with Crippen molar-refractivity contribution in [2.45, 2.75) is 12.8 Å². The van der Waals surface area contributed by atoms with E-state index in [-0.39, 0.29) is 5.91 Å². The van der Waals surface area contributed by atoms with Gasteiger partial charge in [-0.1, -0.05) is 6.07 Å². The van der Waals surface area contributed by atoms with E-state index in [0.29, 0.717) is 12.4 Å². The quantitative estimate of drug-likeness (QED) is 0.781. The van der Waals surface area contributed by atoms with E-state index in [2.05, 4.69) is 16.0 Å². The smallest absolute Gasteiger partial charge is 0.270 e. The van der Waals surface area contributed by atoms with Crippen molar-refractivity contribution in [3.8, 4) is 5.75 Å². The molecule has 0 bridgehead atoms. The standard InChI is InChI=1S/C19H18N4O2/c24-19(22-8-1-2-9-22)16-11-17-18(21-16)23(12-25-17)14-5-6-15-13(10-14)4-3-7-20-15/h3-7,10-11,21H,1-2,8-9,12H2. The average Bonchev–Trinajstić information content (AvgIpc) is 3.37. The molecule has 2 aliphatic heterocycles. The number of hydrogen-bond acceptors (Lipinski definition) is 4. The first-order valence-corrected chi connectivity index (χ1v) is 8.57. The Bertz CT molecular complexity index is 959. The molecule has 0 saturated carbocycles. The molecule has 2 aromatic heterocycles. The van der Waals surface area contributed by atoms with Crippen molar-refractivity contribution in [1.29, 1.82) is 0 Å². The van der Waals surface area contributed by atoms with Crippen LogP contribution >= 0.6 is 0 Å². The predicted molar refractivity (Wildman–Crippen MR) is 95.3 cm³/mol. The number of ether oxygens (including phenoxy) is 1. The van der Waals surface area contributed by atoms with Crippen molar-refractivity contribution in [2.75, 3.05) is 24.7 Å². The molecule has 4 heterocycles. The van der Waals surface area contributed by atoms with Crippen molar-refractivity contribution in [3.63, 3.8) is 0 Å². The summed E-state index contributed by atoms with van der Waals surface area (Å²) in [6.45, 7) is 2.11. The summed E-state index contributed by atoms with van der Waals surface area (Å²) < 4.78 is 5.78. The minimum absolute atomic E-state index is 0.0539. The summed E-state index contributed by atoms with van der Waals surface area (Å²) in [7, 11) is 0. The number of benzene rings is 1. The Morgan fingerprint density at radius 3 is 2.92 bits per heavy atom. The Balaban J connectivity index is 1.48. The van der Waals surface area contributed by atoms with E-state index in [0.717, 1.165) is 54.1 Å². The minimum Gasteiger partial charge on any atom is -0.469 e. The molecule has 0 unspecified atom stereocenters. The van der Waals surface area contributed by atoms with Gasteiger partial charge in [0.2, 0.25) is 0 Å². The summed E-state index contributed by atoms with van der Waals surface area (Å²) >= 11 is 0. The van der Waals surface area contributed by atoms with Crippen LogP contribution in [0.3, 0.4) is 0 Å². The molecule has 5 rings (SSSR count). The van der Waals surface area contributed by atoms with E-state index in [1.165, 1.54) is 0 Å². The molecule has 2 aliphatic rings. The minimum atomic E-state index is 0.0539. The first kappa shape index (κ1) is 14.3. The Labute approximate surface area is 145 Å². The van der Waals surface area contributed by atoms with E-state index >= 15 is 0 Å². The fourth-order valence-electron chi connectivity index (χ4n) is 3.57. The number of likely N-dealkylation sites (tertiary alicyclic amines) is 1. The highest BCUT2D eigenvalue weighted by Gasteiger charge is 2.29. The lowest BCUT2D eigenvalue weighted by Crippen LogP contribution is -2.28. The predicted octanol–water partition coefficient (Wildman–Crippen LogP) is 3.29. The molecule has 0 aliphatic carbocycles. The molecule has 1 aromatic carbocycles. The van der Waals surface area contributed by atoms with Crippen LogP contribution < -0.4 is 9.64 Å². The second kappa shape index (κ2) is 5.51. The van der Waals surface area contributed by atoms with Gasteiger partial charge in [0.15, 0.2) is 18.3 Å². The zero-order valence-electron chi connectivity index (χ0n) is 13.7. The highest BCUT2D eigenvalue weighted by atomic mass is 16.5. The van der Waals surface area contributed by atoms with Gasteiger partial charge in [0, 0.05) is 36.4 Å². The molecule has 6 heteroatoms. The van der Waals surface area contributed by atoms with Crippen LogP contribution in [0.2, 0.25) is 0 Å². The average molecular weight is 334 g/mol. The zero-order chi connectivity index (χ0) is 16.8. The van der Waals surface area contributed by atoms with Gasteiger partial charge in [-0.2, -0.15) is 0 Å². The molecule has 1 amide bonds. The van der Waals surface area contributed by atoms with Gasteiger partial charge >= 0.3 is 0 Å². The number of rotatable bonds is 2. The summed E-state index contributed by atoms with van der Waals surface area (Å²) in [6, 6.07) is 11.9. The summed E-state index contributed by atoms with van der Waals surface area (Å²) in [5, 5.41) is 1.08. The van der Waals surface area contributed by atoms with Crippen LogP contribution in [0.4, 0.5) is 11.5 Å². The normalized spacial score (nSPS) is 16.3. The maximum atomic E-state index is 12.6. The number of aromatic amines is 1. The number of amides is 1. The van der Waals surface area contributed by atoms with Crippen molar-refractivity contribution in [2.24, 2.45) is 0 Å².